The molecule has 2 atom stereocenters. The normalized spacial score (nSPS) is 17.5. The lowest BCUT2D eigenvalue weighted by molar-refractivity contribution is -0.135. The summed E-state index contributed by atoms with van der Waals surface area (Å²) in [5.41, 5.74) is 2.26. The van der Waals surface area contributed by atoms with E-state index >= 15 is 0 Å². The van der Waals surface area contributed by atoms with Gasteiger partial charge in [0.1, 0.15) is 39.4 Å². The van der Waals surface area contributed by atoms with Gasteiger partial charge in [-0.2, -0.15) is 0 Å². The molecule has 14 heteroatoms. The van der Waals surface area contributed by atoms with Crippen LogP contribution in [0.3, 0.4) is 0 Å². The van der Waals surface area contributed by atoms with Gasteiger partial charge in [-0.15, -0.1) is 11.3 Å². The number of hydrogen-bond donors (Lipinski definition) is 2. The van der Waals surface area contributed by atoms with Gasteiger partial charge in [-0.05, 0) is 25.0 Å². The van der Waals surface area contributed by atoms with Gasteiger partial charge >= 0.3 is 0 Å². The summed E-state index contributed by atoms with van der Waals surface area (Å²) < 4.78 is 22.0. The monoisotopic (exact) mass is 563 g/mol. The van der Waals surface area contributed by atoms with E-state index in [9.17, 15) is 13.8 Å². The quantitative estimate of drug-likeness (QED) is 0.422. The molecule has 37 heavy (non-hydrogen) atoms. The number of halogens is 1. The van der Waals surface area contributed by atoms with E-state index in [2.05, 4.69) is 24.6 Å². The van der Waals surface area contributed by atoms with Crippen molar-refractivity contribution in [3.63, 3.8) is 0 Å². The Labute approximate surface area is 225 Å². The van der Waals surface area contributed by atoms with Crippen LogP contribution in [0.25, 0.3) is 0 Å². The topological polar surface area (TPSA) is 131 Å². The molecule has 0 saturated carbocycles. The first kappa shape index (κ1) is 25.6. The van der Waals surface area contributed by atoms with Crippen LogP contribution < -0.4 is 14.8 Å². The third kappa shape index (κ3) is 5.20. The number of nitrogens with zero attached hydrogens (tertiary/aromatic N) is 5. The minimum atomic E-state index is -1.30. The van der Waals surface area contributed by atoms with Gasteiger partial charge in [0.05, 0.1) is 11.4 Å². The Kier molecular flexibility index (Phi) is 7.45. The van der Waals surface area contributed by atoms with Crippen molar-refractivity contribution in [2.75, 3.05) is 31.2 Å². The van der Waals surface area contributed by atoms with Crippen LogP contribution in [0.5, 0.6) is 5.75 Å². The summed E-state index contributed by atoms with van der Waals surface area (Å²) in [6, 6.07) is 2.69. The minimum Gasteiger partial charge on any atom is -0.481 e. The third-order valence-corrected chi connectivity index (χ3v) is 7.97. The maximum absolute atomic E-state index is 13.5. The van der Waals surface area contributed by atoms with Gasteiger partial charge in [0, 0.05) is 44.6 Å². The Morgan fingerprint density at radius 3 is 2.81 bits per heavy atom. The van der Waals surface area contributed by atoms with Crippen LogP contribution in [-0.4, -0.2) is 66.9 Å². The van der Waals surface area contributed by atoms with Crippen LogP contribution in [0.1, 0.15) is 51.6 Å². The zero-order valence-corrected chi connectivity index (χ0v) is 22.7. The molecule has 2 unspecified atom stereocenters. The average Bonchev–Trinajstić information content (AvgIpc) is 3.52. The first-order valence-corrected chi connectivity index (χ1v) is 14.6. The van der Waals surface area contributed by atoms with Crippen molar-refractivity contribution in [1.82, 2.24) is 29.7 Å². The molecule has 2 aliphatic heterocycles. The second-order valence-electron chi connectivity index (χ2n) is 8.69. The third-order valence-electron chi connectivity index (χ3n) is 6.30. The van der Waals surface area contributed by atoms with Crippen LogP contribution >= 0.6 is 22.9 Å². The van der Waals surface area contributed by atoms with Crippen molar-refractivity contribution in [2.45, 2.75) is 38.3 Å². The SMILES string of the molecule is CNC(=O)c1csc(C2c3c(nc4n3CCCC4)CCN2C(=O)COc2ccc(NS(C)=O)nc2Cl)n1. The Hall–Kier alpha value is -3.03. The highest BCUT2D eigenvalue weighted by Gasteiger charge is 2.39. The maximum Gasteiger partial charge on any atom is 0.270 e. The Balaban J connectivity index is 1.42. The predicted molar refractivity (Wildman–Crippen MR) is 140 cm³/mol. The van der Waals surface area contributed by atoms with Crippen LogP contribution in [0.2, 0.25) is 5.15 Å². The molecule has 3 aromatic heterocycles. The molecule has 0 fully saturated rings. The summed E-state index contributed by atoms with van der Waals surface area (Å²) in [4.78, 5) is 41.1. The van der Waals surface area contributed by atoms with Crippen LogP contribution in [0.15, 0.2) is 17.5 Å². The van der Waals surface area contributed by atoms with E-state index in [1.54, 1.807) is 29.5 Å². The number of thiazole rings is 1. The van der Waals surface area contributed by atoms with Crippen molar-refractivity contribution >= 4 is 51.6 Å². The molecule has 0 spiro atoms. The van der Waals surface area contributed by atoms with E-state index in [0.29, 0.717) is 29.5 Å². The van der Waals surface area contributed by atoms with Crippen LogP contribution in [-0.2, 0) is 35.2 Å². The molecule has 2 aliphatic rings. The molecule has 0 radical (unpaired) electrons. The van der Waals surface area contributed by atoms with E-state index in [1.165, 1.54) is 17.6 Å². The van der Waals surface area contributed by atoms with E-state index in [4.69, 9.17) is 21.3 Å². The molecule has 2 amide bonds. The summed E-state index contributed by atoms with van der Waals surface area (Å²) in [5, 5.41) is 5.02. The van der Waals surface area contributed by atoms with E-state index in [-0.39, 0.29) is 29.3 Å². The zero-order chi connectivity index (χ0) is 26.1. The Morgan fingerprint density at radius 2 is 2.05 bits per heavy atom. The summed E-state index contributed by atoms with van der Waals surface area (Å²) in [6.45, 7) is 1.03. The van der Waals surface area contributed by atoms with Crippen LogP contribution in [0.4, 0.5) is 5.82 Å². The fourth-order valence-corrected chi connectivity index (χ4v) is 6.20. The fourth-order valence-electron chi connectivity index (χ4n) is 4.67. The smallest absolute Gasteiger partial charge is 0.270 e. The lowest BCUT2D eigenvalue weighted by Gasteiger charge is -2.35. The number of imidazole rings is 1. The number of ether oxygens (including phenoxy) is 1. The molecular weight excluding hydrogens is 538 g/mol. The van der Waals surface area contributed by atoms with Gasteiger partial charge < -0.3 is 19.5 Å². The molecule has 0 bridgehead atoms. The Bertz CT molecular complexity index is 1380. The van der Waals surface area contributed by atoms with Crippen molar-refractivity contribution in [1.29, 1.82) is 0 Å². The minimum absolute atomic E-state index is 0.0562. The number of hydrogen-bond acceptors (Lipinski definition) is 8. The number of carbonyl (C=O) groups excluding carboxylic acids is 2. The highest BCUT2D eigenvalue weighted by molar-refractivity contribution is 7.85. The molecule has 11 nitrogen and oxygen atoms in total. The maximum atomic E-state index is 13.5. The van der Waals surface area contributed by atoms with Crippen LogP contribution in [0, 0.1) is 0 Å². The second-order valence-corrected chi connectivity index (χ2v) is 11.0. The molecule has 5 heterocycles. The summed E-state index contributed by atoms with van der Waals surface area (Å²) in [5.74, 6) is 1.10. The predicted octanol–water partition coefficient (Wildman–Crippen LogP) is 2.34. The molecule has 3 aromatic rings. The van der Waals surface area contributed by atoms with Gasteiger partial charge in [-0.1, -0.05) is 11.6 Å². The number of pyridine rings is 1. The lowest BCUT2D eigenvalue weighted by Crippen LogP contribution is -2.43. The molecular formula is C23H26ClN7O4S2. The fraction of sp³-hybridized carbons (Fsp3) is 0.435. The van der Waals surface area contributed by atoms with Gasteiger partial charge in [0.25, 0.3) is 11.8 Å². The zero-order valence-electron chi connectivity index (χ0n) is 20.3. The standard InChI is InChI=1S/C23H26ClN7O4S2/c1-25-22(33)14-12-36-23(27-14)20-19-13(26-17-5-3-4-9-30(17)19)8-10-31(20)18(32)11-35-15-6-7-16(28-21(15)24)29-37(2)34/h6-7,12,20H,3-5,8-11H2,1-2H3,(H,25,33)(H,28,29). The van der Waals surface area contributed by atoms with Gasteiger partial charge in [0.15, 0.2) is 17.5 Å². The van der Waals surface area contributed by atoms with Crippen molar-refractivity contribution in [2.24, 2.45) is 0 Å². The number of rotatable bonds is 7. The summed E-state index contributed by atoms with van der Waals surface area (Å²) in [7, 11) is 0.264. The largest absolute Gasteiger partial charge is 0.481 e. The Morgan fingerprint density at radius 1 is 1.22 bits per heavy atom. The molecule has 0 saturated heterocycles. The van der Waals surface area contributed by atoms with E-state index in [1.807, 2.05) is 0 Å². The van der Waals surface area contributed by atoms with E-state index in [0.717, 1.165) is 43.0 Å². The van der Waals surface area contributed by atoms with Gasteiger partial charge in [-0.3, -0.25) is 14.3 Å². The number of aromatic nitrogens is 4. The van der Waals surface area contributed by atoms with E-state index < -0.39 is 17.0 Å². The molecule has 2 N–H and O–H groups in total. The average molecular weight is 564 g/mol. The lowest BCUT2D eigenvalue weighted by atomic mass is 10.0. The summed E-state index contributed by atoms with van der Waals surface area (Å²) >= 11 is 7.58. The number of carbonyl (C=O) groups is 2. The summed E-state index contributed by atoms with van der Waals surface area (Å²) in [6.07, 6.45) is 5.15. The van der Waals surface area contributed by atoms with Crippen molar-refractivity contribution < 1.29 is 18.5 Å². The first-order valence-electron chi connectivity index (χ1n) is 11.8. The number of fused-ring (bicyclic) bond motifs is 3. The number of aryl methyl sites for hydroxylation is 1. The first-order chi connectivity index (χ1) is 17.9. The molecule has 5 rings (SSSR count). The molecule has 0 aliphatic carbocycles. The van der Waals surface area contributed by atoms with Crippen molar-refractivity contribution in [3.8, 4) is 5.75 Å². The highest BCUT2D eigenvalue weighted by Crippen LogP contribution is 2.38. The van der Waals surface area contributed by atoms with Gasteiger partial charge in [-0.25, -0.2) is 19.2 Å². The molecule has 0 aromatic carbocycles. The van der Waals surface area contributed by atoms with Gasteiger partial charge in [0.2, 0.25) is 0 Å². The second kappa shape index (κ2) is 10.8. The number of nitrogens with one attached hydrogen (secondary N) is 2. The number of anilines is 1. The van der Waals surface area contributed by atoms with Crippen molar-refractivity contribution in [3.05, 3.63) is 50.6 Å². The number of amides is 2. The molecule has 196 valence electrons. The highest BCUT2D eigenvalue weighted by atomic mass is 35.5.